The smallest absolute Gasteiger partial charge is 0.0294 e. The second-order valence-corrected chi connectivity index (χ2v) is 5.12. The number of likely N-dealkylation sites (N-methyl/N-ethyl adjacent to an activating group) is 1. The normalized spacial score (nSPS) is 21.2. The molecular formula is C15H19IN2. The van der Waals surface area contributed by atoms with Gasteiger partial charge in [-0.3, -0.25) is 4.99 Å². The van der Waals surface area contributed by atoms with Crippen LogP contribution in [0.3, 0.4) is 0 Å². The van der Waals surface area contributed by atoms with Crippen LogP contribution in [0.5, 0.6) is 0 Å². The standard InChI is InChI=1S/C15H19IN2/c1-17-12-4-3-5-14(16)9-6-13-7-10-15(18-2)11-8-13/h3-7,9-13,18H,8H2,1-2H3/b4-3-,9-6+,14-5-,17-12+/t13-/m1/s1. The molecule has 1 atom stereocenters. The first-order valence-electron chi connectivity index (χ1n) is 5.95. The molecule has 0 fully saturated rings. The molecule has 0 aromatic carbocycles. The number of halogens is 1. The summed E-state index contributed by atoms with van der Waals surface area (Å²) in [5, 5.41) is 3.15. The molecule has 1 rings (SSSR count). The number of allylic oxidation sites excluding steroid dienone is 9. The van der Waals surface area contributed by atoms with Crippen LogP contribution in [0.4, 0.5) is 0 Å². The number of nitrogens with zero attached hydrogens (tertiary/aromatic N) is 1. The summed E-state index contributed by atoms with van der Waals surface area (Å²) in [5.74, 6) is 0.501. The zero-order chi connectivity index (χ0) is 13.2. The predicted octanol–water partition coefficient (Wildman–Crippen LogP) is 3.80. The maximum absolute atomic E-state index is 3.88. The van der Waals surface area contributed by atoms with E-state index in [1.807, 2.05) is 19.2 Å². The minimum Gasteiger partial charge on any atom is -0.388 e. The molecule has 0 spiro atoms. The Morgan fingerprint density at radius 2 is 2.33 bits per heavy atom. The topological polar surface area (TPSA) is 24.4 Å². The van der Waals surface area contributed by atoms with Gasteiger partial charge in [-0.2, -0.15) is 0 Å². The molecule has 1 aliphatic rings. The number of aliphatic imine (C=N–C) groups is 1. The Kier molecular flexibility index (Phi) is 7.41. The first kappa shape index (κ1) is 15.0. The third kappa shape index (κ3) is 6.00. The molecule has 1 N–H and O–H groups in total. The Labute approximate surface area is 123 Å². The van der Waals surface area contributed by atoms with E-state index in [1.54, 1.807) is 13.3 Å². The number of nitrogens with one attached hydrogen (secondary N) is 1. The van der Waals surface area contributed by atoms with E-state index in [-0.39, 0.29) is 0 Å². The number of hydrogen-bond donors (Lipinski definition) is 1. The first-order chi connectivity index (χ1) is 8.76. The van der Waals surface area contributed by atoms with E-state index in [2.05, 4.69) is 69.4 Å². The molecule has 0 unspecified atom stereocenters. The molecule has 1 aliphatic carbocycles. The molecular weight excluding hydrogens is 335 g/mol. The highest BCUT2D eigenvalue weighted by atomic mass is 127. The van der Waals surface area contributed by atoms with E-state index in [1.165, 1.54) is 9.28 Å². The van der Waals surface area contributed by atoms with E-state index < -0.39 is 0 Å². The minimum atomic E-state index is 0.501. The third-order valence-electron chi connectivity index (χ3n) is 2.53. The Morgan fingerprint density at radius 3 is 2.94 bits per heavy atom. The zero-order valence-electron chi connectivity index (χ0n) is 10.8. The van der Waals surface area contributed by atoms with E-state index in [0.717, 1.165) is 6.42 Å². The minimum absolute atomic E-state index is 0.501. The van der Waals surface area contributed by atoms with Crippen LogP contribution in [0.25, 0.3) is 0 Å². The molecule has 0 radical (unpaired) electrons. The van der Waals surface area contributed by atoms with Crippen LogP contribution in [0, 0.1) is 5.92 Å². The predicted molar refractivity (Wildman–Crippen MR) is 89.2 cm³/mol. The van der Waals surface area contributed by atoms with Crippen LogP contribution in [-0.2, 0) is 0 Å². The molecule has 0 aromatic heterocycles. The van der Waals surface area contributed by atoms with Gasteiger partial charge < -0.3 is 5.32 Å². The third-order valence-corrected chi connectivity index (χ3v) is 3.25. The molecule has 0 bridgehead atoms. The van der Waals surface area contributed by atoms with E-state index >= 15 is 0 Å². The summed E-state index contributed by atoms with van der Waals surface area (Å²) in [6.07, 6.45) is 19.8. The maximum Gasteiger partial charge on any atom is 0.0294 e. The fraction of sp³-hybridized carbons (Fsp3) is 0.267. The van der Waals surface area contributed by atoms with Gasteiger partial charge in [0, 0.05) is 29.6 Å². The van der Waals surface area contributed by atoms with Gasteiger partial charge in [-0.25, -0.2) is 0 Å². The molecule has 0 aliphatic heterocycles. The van der Waals surface area contributed by atoms with Gasteiger partial charge in [0.2, 0.25) is 0 Å². The Hall–Kier alpha value is -1.10. The zero-order valence-corrected chi connectivity index (χ0v) is 13.0. The van der Waals surface area contributed by atoms with Gasteiger partial charge in [0.25, 0.3) is 0 Å². The fourth-order valence-corrected chi connectivity index (χ4v) is 1.93. The number of rotatable bonds is 5. The van der Waals surface area contributed by atoms with Gasteiger partial charge in [-0.1, -0.05) is 30.4 Å². The molecule has 0 saturated heterocycles. The van der Waals surface area contributed by atoms with Crippen LogP contribution < -0.4 is 5.32 Å². The molecule has 3 heteroatoms. The van der Waals surface area contributed by atoms with Crippen molar-refractivity contribution in [1.82, 2.24) is 5.32 Å². The van der Waals surface area contributed by atoms with Gasteiger partial charge in [0.1, 0.15) is 0 Å². The van der Waals surface area contributed by atoms with Gasteiger partial charge >= 0.3 is 0 Å². The van der Waals surface area contributed by atoms with Crippen molar-refractivity contribution in [1.29, 1.82) is 0 Å². The fourth-order valence-electron chi connectivity index (χ4n) is 1.52. The van der Waals surface area contributed by atoms with E-state index in [9.17, 15) is 0 Å². The second kappa shape index (κ2) is 8.91. The van der Waals surface area contributed by atoms with Gasteiger partial charge in [0.15, 0.2) is 0 Å². The van der Waals surface area contributed by atoms with Gasteiger partial charge in [0.05, 0.1) is 0 Å². The molecule has 2 nitrogen and oxygen atoms in total. The average molecular weight is 354 g/mol. The maximum atomic E-state index is 3.88. The summed E-state index contributed by atoms with van der Waals surface area (Å²) in [7, 11) is 3.71. The van der Waals surface area contributed by atoms with Crippen molar-refractivity contribution >= 4 is 28.8 Å². The summed E-state index contributed by atoms with van der Waals surface area (Å²) in [4.78, 5) is 3.88. The van der Waals surface area contributed by atoms with Gasteiger partial charge in [-0.15, -0.1) is 0 Å². The quantitative estimate of drug-likeness (QED) is 0.453. The Bertz CT molecular complexity index is 426. The lowest BCUT2D eigenvalue weighted by Crippen LogP contribution is -2.07. The van der Waals surface area contributed by atoms with E-state index in [0.29, 0.717) is 5.92 Å². The number of hydrogen-bond acceptors (Lipinski definition) is 2. The molecule has 0 saturated carbocycles. The Balaban J connectivity index is 2.46. The lowest BCUT2D eigenvalue weighted by atomic mass is 9.99. The summed E-state index contributed by atoms with van der Waals surface area (Å²) < 4.78 is 1.21. The van der Waals surface area contributed by atoms with Crippen molar-refractivity contribution in [3.05, 3.63) is 57.9 Å². The summed E-state index contributed by atoms with van der Waals surface area (Å²) in [6.45, 7) is 0. The monoisotopic (exact) mass is 354 g/mol. The molecule has 18 heavy (non-hydrogen) atoms. The highest BCUT2D eigenvalue weighted by Crippen LogP contribution is 2.18. The van der Waals surface area contributed by atoms with Crippen molar-refractivity contribution in [2.24, 2.45) is 10.9 Å². The first-order valence-corrected chi connectivity index (χ1v) is 7.03. The van der Waals surface area contributed by atoms with Crippen molar-refractivity contribution in [3.63, 3.8) is 0 Å². The molecule has 96 valence electrons. The summed E-state index contributed by atoms with van der Waals surface area (Å²) >= 11 is 2.33. The highest BCUT2D eigenvalue weighted by molar-refractivity contribution is 14.1. The van der Waals surface area contributed by atoms with Crippen molar-refractivity contribution in [3.8, 4) is 0 Å². The van der Waals surface area contributed by atoms with Crippen molar-refractivity contribution < 1.29 is 0 Å². The largest absolute Gasteiger partial charge is 0.388 e. The van der Waals surface area contributed by atoms with Crippen LogP contribution >= 0.6 is 22.6 Å². The molecule has 0 amide bonds. The Morgan fingerprint density at radius 1 is 1.50 bits per heavy atom. The highest BCUT2D eigenvalue weighted by Gasteiger charge is 2.03. The van der Waals surface area contributed by atoms with Crippen molar-refractivity contribution in [2.75, 3.05) is 14.1 Å². The van der Waals surface area contributed by atoms with Crippen LogP contribution in [0.2, 0.25) is 0 Å². The molecule has 0 aromatic rings. The van der Waals surface area contributed by atoms with Crippen LogP contribution in [-0.4, -0.2) is 20.3 Å². The van der Waals surface area contributed by atoms with Crippen LogP contribution in [0.1, 0.15) is 6.42 Å². The van der Waals surface area contributed by atoms with E-state index in [4.69, 9.17) is 0 Å². The lowest BCUT2D eigenvalue weighted by Gasteiger charge is -2.12. The van der Waals surface area contributed by atoms with Gasteiger partial charge in [-0.05, 0) is 53.2 Å². The summed E-state index contributed by atoms with van der Waals surface area (Å²) in [6, 6.07) is 0. The second-order valence-electron chi connectivity index (χ2n) is 3.87. The molecule has 0 heterocycles. The van der Waals surface area contributed by atoms with Crippen LogP contribution in [0.15, 0.2) is 62.9 Å². The van der Waals surface area contributed by atoms with Crippen molar-refractivity contribution in [2.45, 2.75) is 6.42 Å². The SMILES string of the molecule is C/N=C/C=C\C=C(I)\C=C\[C@@H]1C=CC(NC)=CC1. The summed E-state index contributed by atoms with van der Waals surface area (Å²) in [5.41, 5.74) is 1.20. The average Bonchev–Trinajstić information content (AvgIpc) is 2.42. The lowest BCUT2D eigenvalue weighted by molar-refractivity contribution is 0.797.